The zero-order chi connectivity index (χ0) is 19.4. The number of amides is 1. The number of carbonyl (C=O) groups is 1. The largest absolute Gasteiger partial charge is 0.325 e. The maximum atomic E-state index is 15.9. The zero-order valence-corrected chi connectivity index (χ0v) is 15.5. The van der Waals surface area contributed by atoms with Crippen LogP contribution in [0, 0.1) is 0 Å². The zero-order valence-electron chi connectivity index (χ0n) is 15.5. The van der Waals surface area contributed by atoms with Gasteiger partial charge in [0.15, 0.2) is 0 Å². The molecule has 4 rings (SSSR count). The van der Waals surface area contributed by atoms with Crippen LogP contribution in [0.1, 0.15) is 29.2 Å². The lowest BCUT2D eigenvalue weighted by atomic mass is 9.77. The van der Waals surface area contributed by atoms with Gasteiger partial charge in [0.25, 0.3) is 5.91 Å². The van der Waals surface area contributed by atoms with E-state index in [1.54, 1.807) is 11.0 Å². The number of allylic oxidation sites excluding steroid dienone is 1. The monoisotopic (exact) mass is 371 g/mol. The molecule has 0 radical (unpaired) electrons. The number of benzene rings is 3. The Hall–Kier alpha value is -3.20. The number of nitrogens with zero attached hydrogens (tertiary/aromatic N) is 1. The van der Waals surface area contributed by atoms with Crippen molar-refractivity contribution in [2.24, 2.45) is 0 Å². The van der Waals surface area contributed by atoms with Crippen LogP contribution in [0.15, 0.2) is 97.1 Å². The second-order valence-corrected chi connectivity index (χ2v) is 7.11. The minimum atomic E-state index is -1.92. The Labute approximate surface area is 164 Å². The molecule has 1 amide bonds. The fourth-order valence-electron chi connectivity index (χ4n) is 3.81. The molecular weight excluding hydrogens is 349 g/mol. The van der Waals surface area contributed by atoms with E-state index in [-0.39, 0.29) is 6.42 Å². The first-order chi connectivity index (χ1) is 13.7. The molecule has 3 aromatic rings. The highest BCUT2D eigenvalue weighted by Gasteiger charge is 2.61. The highest BCUT2D eigenvalue weighted by molar-refractivity contribution is 5.93. The first kappa shape index (κ1) is 18.2. The summed E-state index contributed by atoms with van der Waals surface area (Å²) in [4.78, 5) is 14.5. The summed E-state index contributed by atoms with van der Waals surface area (Å²) in [5.41, 5.74) is 0.907. The predicted octanol–water partition coefficient (Wildman–Crippen LogP) is 5.58. The van der Waals surface area contributed by atoms with Crippen molar-refractivity contribution in [3.05, 3.63) is 114 Å². The standard InChI is InChI=1S/C25H22FNO/c26-25(18-10-15-20-11-4-1-5-12-20)23(22-16-8-3-9-17-22)27(24(25)28)19-21-13-6-2-7-14-21/h1-17,23H,18-19H2/b15-10+/t23-,25+/m0/s1. The van der Waals surface area contributed by atoms with Gasteiger partial charge in [-0.05, 0) is 16.7 Å². The lowest BCUT2D eigenvalue weighted by Crippen LogP contribution is -2.65. The van der Waals surface area contributed by atoms with Gasteiger partial charge in [-0.3, -0.25) is 4.79 Å². The normalized spacial score (nSPS) is 21.7. The SMILES string of the molecule is O=C1N(Cc2ccccc2)[C@@H](c2ccccc2)[C@]1(F)C/C=C/c1ccccc1. The van der Waals surface area contributed by atoms with Crippen molar-refractivity contribution in [3.8, 4) is 0 Å². The van der Waals surface area contributed by atoms with Gasteiger partial charge < -0.3 is 4.90 Å². The predicted molar refractivity (Wildman–Crippen MR) is 110 cm³/mol. The van der Waals surface area contributed by atoms with Crippen molar-refractivity contribution < 1.29 is 9.18 Å². The molecule has 0 unspecified atom stereocenters. The Morgan fingerprint density at radius 3 is 2.07 bits per heavy atom. The van der Waals surface area contributed by atoms with Gasteiger partial charge >= 0.3 is 0 Å². The lowest BCUT2D eigenvalue weighted by molar-refractivity contribution is -0.178. The van der Waals surface area contributed by atoms with E-state index in [1.807, 2.05) is 97.1 Å². The summed E-state index contributed by atoms with van der Waals surface area (Å²) in [6.45, 7) is 0.410. The number of halogens is 1. The van der Waals surface area contributed by atoms with Gasteiger partial charge in [0.1, 0.15) is 6.04 Å². The summed E-state index contributed by atoms with van der Waals surface area (Å²) in [7, 11) is 0. The fourth-order valence-corrected chi connectivity index (χ4v) is 3.81. The average Bonchev–Trinajstić information content (AvgIpc) is 2.75. The summed E-state index contributed by atoms with van der Waals surface area (Å²) < 4.78 is 15.9. The van der Waals surface area contributed by atoms with Gasteiger partial charge in [-0.2, -0.15) is 0 Å². The molecule has 3 aromatic carbocycles. The van der Waals surface area contributed by atoms with E-state index in [2.05, 4.69) is 0 Å². The number of carbonyl (C=O) groups excluding carboxylic acids is 1. The van der Waals surface area contributed by atoms with Gasteiger partial charge in [0, 0.05) is 13.0 Å². The van der Waals surface area contributed by atoms with E-state index in [0.29, 0.717) is 6.54 Å². The molecule has 2 atom stereocenters. The van der Waals surface area contributed by atoms with Crippen LogP contribution in [0.3, 0.4) is 0 Å². The molecule has 0 bridgehead atoms. The summed E-state index contributed by atoms with van der Waals surface area (Å²) in [5.74, 6) is -0.442. The summed E-state index contributed by atoms with van der Waals surface area (Å²) >= 11 is 0. The van der Waals surface area contributed by atoms with Crippen molar-refractivity contribution in [3.63, 3.8) is 0 Å². The minimum absolute atomic E-state index is 0.0611. The van der Waals surface area contributed by atoms with Gasteiger partial charge in [0.2, 0.25) is 5.67 Å². The van der Waals surface area contributed by atoms with Crippen LogP contribution >= 0.6 is 0 Å². The maximum Gasteiger partial charge on any atom is 0.264 e. The Balaban J connectivity index is 1.58. The second-order valence-electron chi connectivity index (χ2n) is 7.11. The Kier molecular flexibility index (Phi) is 5.07. The van der Waals surface area contributed by atoms with E-state index in [0.717, 1.165) is 16.7 Å². The van der Waals surface area contributed by atoms with Crippen LogP contribution < -0.4 is 0 Å². The first-order valence-corrected chi connectivity index (χ1v) is 9.49. The number of alkyl halides is 1. The van der Waals surface area contributed by atoms with Crippen molar-refractivity contribution in [2.45, 2.75) is 24.7 Å². The van der Waals surface area contributed by atoms with Crippen molar-refractivity contribution in [1.82, 2.24) is 4.90 Å². The third kappa shape index (κ3) is 3.48. The average molecular weight is 371 g/mol. The van der Waals surface area contributed by atoms with E-state index < -0.39 is 17.6 Å². The van der Waals surface area contributed by atoms with Gasteiger partial charge in [-0.25, -0.2) is 4.39 Å². The molecular formula is C25H22FNO. The number of β-lactam (4-membered cyclic amide) rings is 1. The highest BCUT2D eigenvalue weighted by Crippen LogP contribution is 2.49. The molecule has 1 aliphatic rings. The smallest absolute Gasteiger partial charge is 0.264 e. The molecule has 1 heterocycles. The van der Waals surface area contributed by atoms with Gasteiger partial charge in [0.05, 0.1) is 0 Å². The van der Waals surface area contributed by atoms with Crippen LogP contribution in [0.5, 0.6) is 0 Å². The fraction of sp³-hybridized carbons (Fsp3) is 0.160. The molecule has 0 spiro atoms. The maximum absolute atomic E-state index is 15.9. The van der Waals surface area contributed by atoms with Crippen molar-refractivity contribution >= 4 is 12.0 Å². The topological polar surface area (TPSA) is 20.3 Å². The quantitative estimate of drug-likeness (QED) is 0.518. The summed E-state index contributed by atoms with van der Waals surface area (Å²) in [6, 6.07) is 28.3. The number of hydrogen-bond donors (Lipinski definition) is 0. The summed E-state index contributed by atoms with van der Waals surface area (Å²) in [6.07, 6.45) is 3.70. The van der Waals surface area contributed by atoms with E-state index in [1.165, 1.54) is 0 Å². The number of hydrogen-bond acceptors (Lipinski definition) is 1. The molecule has 1 fully saturated rings. The molecule has 0 aliphatic carbocycles. The van der Waals surface area contributed by atoms with E-state index >= 15 is 4.39 Å². The molecule has 0 N–H and O–H groups in total. The van der Waals surface area contributed by atoms with Crippen molar-refractivity contribution in [2.75, 3.05) is 0 Å². The molecule has 3 heteroatoms. The summed E-state index contributed by atoms with van der Waals surface area (Å²) in [5, 5.41) is 0. The Morgan fingerprint density at radius 2 is 1.43 bits per heavy atom. The Bertz CT molecular complexity index is 956. The lowest BCUT2D eigenvalue weighted by Gasteiger charge is -2.51. The second kappa shape index (κ2) is 7.81. The molecule has 2 nitrogen and oxygen atoms in total. The van der Waals surface area contributed by atoms with Crippen molar-refractivity contribution in [1.29, 1.82) is 0 Å². The third-order valence-corrected chi connectivity index (χ3v) is 5.20. The molecule has 140 valence electrons. The van der Waals surface area contributed by atoms with E-state index in [9.17, 15) is 4.79 Å². The minimum Gasteiger partial charge on any atom is -0.325 e. The number of rotatable bonds is 6. The molecule has 1 aliphatic heterocycles. The third-order valence-electron chi connectivity index (χ3n) is 5.20. The van der Waals surface area contributed by atoms with Gasteiger partial charge in [-0.1, -0.05) is 103 Å². The highest BCUT2D eigenvalue weighted by atomic mass is 19.1. The van der Waals surface area contributed by atoms with E-state index in [4.69, 9.17) is 0 Å². The molecule has 0 aromatic heterocycles. The number of likely N-dealkylation sites (tertiary alicyclic amines) is 1. The van der Waals surface area contributed by atoms with Crippen LogP contribution in [0.2, 0.25) is 0 Å². The van der Waals surface area contributed by atoms with Crippen LogP contribution in [-0.2, 0) is 11.3 Å². The molecule has 28 heavy (non-hydrogen) atoms. The van der Waals surface area contributed by atoms with Gasteiger partial charge in [-0.15, -0.1) is 0 Å². The van der Waals surface area contributed by atoms with Crippen LogP contribution in [-0.4, -0.2) is 16.5 Å². The van der Waals surface area contributed by atoms with Crippen LogP contribution in [0.25, 0.3) is 6.08 Å². The molecule has 0 saturated carbocycles. The molecule has 1 saturated heterocycles. The van der Waals surface area contributed by atoms with Crippen LogP contribution in [0.4, 0.5) is 4.39 Å². The Morgan fingerprint density at radius 1 is 0.857 bits per heavy atom. The first-order valence-electron chi connectivity index (χ1n) is 9.49.